The topological polar surface area (TPSA) is 54.5 Å². The first-order valence-electron chi connectivity index (χ1n) is 8.58. The molecule has 1 unspecified atom stereocenters. The number of amides is 1. The summed E-state index contributed by atoms with van der Waals surface area (Å²) in [4.78, 5) is 20.0. The van der Waals surface area contributed by atoms with Gasteiger partial charge in [-0.05, 0) is 38.4 Å². The van der Waals surface area contributed by atoms with Gasteiger partial charge in [-0.25, -0.2) is 4.98 Å². The van der Waals surface area contributed by atoms with E-state index in [0.29, 0.717) is 27.0 Å². The molecule has 1 saturated heterocycles. The Balaban J connectivity index is 1.50. The summed E-state index contributed by atoms with van der Waals surface area (Å²) in [5.41, 5.74) is 0. The summed E-state index contributed by atoms with van der Waals surface area (Å²) in [6.45, 7) is 4.11. The predicted molar refractivity (Wildman–Crippen MR) is 106 cm³/mol. The Morgan fingerprint density at radius 3 is 3.08 bits per heavy atom. The molecule has 0 aliphatic carbocycles. The van der Waals surface area contributed by atoms with Crippen molar-refractivity contribution in [3.05, 3.63) is 39.3 Å². The first-order chi connectivity index (χ1) is 12.5. The molecule has 3 rings (SSSR count). The third kappa shape index (κ3) is 5.33. The van der Waals surface area contributed by atoms with E-state index in [1.54, 1.807) is 18.2 Å². The zero-order chi connectivity index (χ0) is 18.5. The molecule has 1 aliphatic heterocycles. The molecule has 8 heteroatoms. The number of carbonyl (C=O) groups is 1. The Labute approximate surface area is 167 Å². The van der Waals surface area contributed by atoms with Gasteiger partial charge in [0.25, 0.3) is 5.91 Å². The van der Waals surface area contributed by atoms with Crippen LogP contribution in [-0.2, 0) is 11.3 Å². The number of hydrogen-bond acceptors (Lipinski definition) is 5. The fraction of sp³-hybridized carbons (Fsp3) is 0.444. The Morgan fingerprint density at radius 2 is 2.27 bits per heavy atom. The molecule has 1 N–H and O–H groups in total. The van der Waals surface area contributed by atoms with Gasteiger partial charge in [0.1, 0.15) is 5.75 Å². The van der Waals surface area contributed by atoms with E-state index in [0.717, 1.165) is 18.0 Å². The van der Waals surface area contributed by atoms with Crippen molar-refractivity contribution in [2.45, 2.75) is 38.8 Å². The van der Waals surface area contributed by atoms with Crippen LogP contribution in [-0.4, -0.2) is 35.0 Å². The van der Waals surface area contributed by atoms with Crippen molar-refractivity contribution in [3.8, 4) is 5.75 Å². The summed E-state index contributed by atoms with van der Waals surface area (Å²) >= 11 is 13.4. The van der Waals surface area contributed by atoms with E-state index in [2.05, 4.69) is 22.1 Å². The average Bonchev–Trinajstić information content (AvgIpc) is 3.04. The highest BCUT2D eigenvalue weighted by atomic mass is 35.5. The number of likely N-dealkylation sites (tertiary alicyclic amines) is 1. The summed E-state index contributed by atoms with van der Waals surface area (Å²) in [7, 11) is 0. The maximum Gasteiger partial charge on any atom is 0.264 e. The van der Waals surface area contributed by atoms with Crippen molar-refractivity contribution in [3.63, 3.8) is 0 Å². The number of nitrogens with zero attached hydrogens (tertiary/aromatic N) is 2. The van der Waals surface area contributed by atoms with Gasteiger partial charge in [0.05, 0.1) is 5.02 Å². The van der Waals surface area contributed by atoms with Gasteiger partial charge in [-0.2, -0.15) is 0 Å². The Kier molecular flexibility index (Phi) is 6.75. The Hall–Kier alpha value is -1.34. The SMILES string of the molecule is CC1CCCCN1Cc1cnc(NC(=O)COc2cc(Cl)ccc2Cl)s1. The van der Waals surface area contributed by atoms with E-state index < -0.39 is 0 Å². The minimum Gasteiger partial charge on any atom is -0.482 e. The normalized spacial score (nSPS) is 17.9. The van der Waals surface area contributed by atoms with Crippen LogP contribution in [0.1, 0.15) is 31.1 Å². The van der Waals surface area contributed by atoms with Crippen LogP contribution < -0.4 is 10.1 Å². The van der Waals surface area contributed by atoms with Crippen molar-refractivity contribution in [2.24, 2.45) is 0 Å². The highest BCUT2D eigenvalue weighted by Crippen LogP contribution is 2.28. The second kappa shape index (κ2) is 9.04. The number of nitrogens with one attached hydrogen (secondary N) is 1. The number of halogens is 2. The number of carbonyl (C=O) groups excluding carboxylic acids is 1. The van der Waals surface area contributed by atoms with Crippen LogP contribution in [0.4, 0.5) is 5.13 Å². The highest BCUT2D eigenvalue weighted by molar-refractivity contribution is 7.15. The van der Waals surface area contributed by atoms with Gasteiger partial charge in [-0.1, -0.05) is 29.6 Å². The highest BCUT2D eigenvalue weighted by Gasteiger charge is 2.19. The summed E-state index contributed by atoms with van der Waals surface area (Å²) < 4.78 is 5.43. The second-order valence-electron chi connectivity index (χ2n) is 6.36. The smallest absolute Gasteiger partial charge is 0.264 e. The van der Waals surface area contributed by atoms with Gasteiger partial charge in [0.15, 0.2) is 11.7 Å². The van der Waals surface area contributed by atoms with E-state index in [9.17, 15) is 4.79 Å². The van der Waals surface area contributed by atoms with Gasteiger partial charge < -0.3 is 4.74 Å². The third-order valence-corrected chi connectivity index (χ3v) is 5.80. The molecular formula is C18H21Cl2N3O2S. The first-order valence-corrected chi connectivity index (χ1v) is 10.1. The van der Waals surface area contributed by atoms with Crippen LogP contribution in [0, 0.1) is 0 Å². The lowest BCUT2D eigenvalue weighted by atomic mass is 10.0. The third-order valence-electron chi connectivity index (χ3n) is 4.35. The molecule has 1 aliphatic rings. The Bertz CT molecular complexity index is 769. The molecular weight excluding hydrogens is 393 g/mol. The molecule has 0 spiro atoms. The molecule has 0 bridgehead atoms. The van der Waals surface area contributed by atoms with E-state index >= 15 is 0 Å². The van der Waals surface area contributed by atoms with Crippen LogP contribution in [0.15, 0.2) is 24.4 Å². The van der Waals surface area contributed by atoms with Crippen molar-refractivity contribution >= 4 is 45.6 Å². The maximum absolute atomic E-state index is 12.1. The molecule has 1 fully saturated rings. The second-order valence-corrected chi connectivity index (χ2v) is 8.32. The lowest BCUT2D eigenvalue weighted by Crippen LogP contribution is -2.36. The van der Waals surface area contributed by atoms with Gasteiger partial charge >= 0.3 is 0 Å². The monoisotopic (exact) mass is 413 g/mol. The molecule has 1 aromatic carbocycles. The number of anilines is 1. The largest absolute Gasteiger partial charge is 0.482 e. The van der Waals surface area contributed by atoms with Crippen LogP contribution in [0.5, 0.6) is 5.75 Å². The summed E-state index contributed by atoms with van der Waals surface area (Å²) in [6, 6.07) is 5.47. The number of aromatic nitrogens is 1. The molecule has 2 heterocycles. The number of rotatable bonds is 6. The number of benzene rings is 1. The quantitative estimate of drug-likeness (QED) is 0.735. The fourth-order valence-electron chi connectivity index (χ4n) is 2.92. The van der Waals surface area contributed by atoms with Crippen molar-refractivity contribution in [2.75, 3.05) is 18.5 Å². The summed E-state index contributed by atoms with van der Waals surface area (Å²) in [5, 5.41) is 4.26. The molecule has 5 nitrogen and oxygen atoms in total. The standard InChI is InChI=1S/C18H21Cl2N3O2S/c1-12-4-2-3-7-23(12)10-14-9-21-18(26-14)22-17(24)11-25-16-8-13(19)5-6-15(16)20/h5-6,8-9,12H,2-4,7,10-11H2,1H3,(H,21,22,24). The van der Waals surface area contributed by atoms with Gasteiger partial charge in [-0.3, -0.25) is 15.0 Å². The molecule has 1 atom stereocenters. The van der Waals surface area contributed by atoms with Crippen molar-refractivity contribution in [1.29, 1.82) is 0 Å². The van der Waals surface area contributed by atoms with Crippen LogP contribution in [0.2, 0.25) is 10.0 Å². The van der Waals surface area contributed by atoms with Crippen LogP contribution in [0.25, 0.3) is 0 Å². The molecule has 0 radical (unpaired) electrons. The van der Waals surface area contributed by atoms with Gasteiger partial charge in [-0.15, -0.1) is 11.3 Å². The lowest BCUT2D eigenvalue weighted by Gasteiger charge is -2.32. The molecule has 26 heavy (non-hydrogen) atoms. The number of ether oxygens (including phenoxy) is 1. The van der Waals surface area contributed by atoms with Crippen molar-refractivity contribution in [1.82, 2.24) is 9.88 Å². The van der Waals surface area contributed by atoms with Gasteiger partial charge in [0.2, 0.25) is 0 Å². The number of piperidine rings is 1. The summed E-state index contributed by atoms with van der Waals surface area (Å²) in [5.74, 6) is 0.0986. The molecule has 140 valence electrons. The number of thiazole rings is 1. The zero-order valence-electron chi connectivity index (χ0n) is 14.5. The molecule has 1 amide bonds. The zero-order valence-corrected chi connectivity index (χ0v) is 16.8. The molecule has 1 aromatic heterocycles. The fourth-order valence-corrected chi connectivity index (χ4v) is 4.11. The molecule has 2 aromatic rings. The predicted octanol–water partition coefficient (Wildman–Crippen LogP) is 4.84. The minimum atomic E-state index is -0.284. The maximum atomic E-state index is 12.1. The van der Waals surface area contributed by atoms with E-state index in [4.69, 9.17) is 27.9 Å². The van der Waals surface area contributed by atoms with E-state index in [-0.39, 0.29) is 12.5 Å². The van der Waals surface area contributed by atoms with Crippen LogP contribution in [0.3, 0.4) is 0 Å². The van der Waals surface area contributed by atoms with Gasteiger partial charge in [0, 0.05) is 34.7 Å². The minimum absolute atomic E-state index is 0.155. The molecule has 0 saturated carbocycles. The van der Waals surface area contributed by atoms with E-state index in [1.165, 1.54) is 30.6 Å². The van der Waals surface area contributed by atoms with E-state index in [1.807, 2.05) is 6.20 Å². The lowest BCUT2D eigenvalue weighted by molar-refractivity contribution is -0.118. The summed E-state index contributed by atoms with van der Waals surface area (Å²) in [6.07, 6.45) is 5.62. The number of hydrogen-bond donors (Lipinski definition) is 1. The Morgan fingerprint density at radius 1 is 1.42 bits per heavy atom. The average molecular weight is 414 g/mol. The van der Waals surface area contributed by atoms with Crippen molar-refractivity contribution < 1.29 is 9.53 Å². The van der Waals surface area contributed by atoms with Crippen LogP contribution >= 0.6 is 34.5 Å². The first kappa shape index (κ1) is 19.4.